The van der Waals surface area contributed by atoms with Crippen molar-refractivity contribution in [3.63, 3.8) is 0 Å². The quantitative estimate of drug-likeness (QED) is 0.587. The lowest BCUT2D eigenvalue weighted by atomic mass is 10.3. The SMILES string of the molecule is COC(=O)COc1ccc(NC=O)cc1OC. The van der Waals surface area contributed by atoms with Gasteiger partial charge in [-0.3, -0.25) is 4.79 Å². The average molecular weight is 239 g/mol. The van der Waals surface area contributed by atoms with Crippen LogP contribution < -0.4 is 14.8 Å². The molecule has 1 aromatic rings. The van der Waals surface area contributed by atoms with Crippen LogP contribution in [0.2, 0.25) is 0 Å². The highest BCUT2D eigenvalue weighted by atomic mass is 16.6. The Morgan fingerprint density at radius 2 is 2.12 bits per heavy atom. The first-order valence-corrected chi connectivity index (χ1v) is 4.79. The van der Waals surface area contributed by atoms with Crippen LogP contribution in [0.4, 0.5) is 5.69 Å². The van der Waals surface area contributed by atoms with E-state index in [4.69, 9.17) is 9.47 Å². The number of carbonyl (C=O) groups is 2. The van der Waals surface area contributed by atoms with Crippen LogP contribution in [-0.4, -0.2) is 33.2 Å². The Labute approximate surface area is 98.5 Å². The number of hydrogen-bond acceptors (Lipinski definition) is 5. The molecule has 1 N–H and O–H groups in total. The Morgan fingerprint density at radius 3 is 2.71 bits per heavy atom. The second kappa shape index (κ2) is 6.37. The molecule has 0 aliphatic heterocycles. The summed E-state index contributed by atoms with van der Waals surface area (Å²) in [7, 11) is 2.74. The van der Waals surface area contributed by atoms with Crippen molar-refractivity contribution in [3.8, 4) is 11.5 Å². The lowest BCUT2D eigenvalue weighted by molar-refractivity contribution is -0.142. The molecule has 6 nitrogen and oxygen atoms in total. The summed E-state index contributed by atoms with van der Waals surface area (Å²) in [6, 6.07) is 4.80. The van der Waals surface area contributed by atoms with Gasteiger partial charge in [0, 0.05) is 11.8 Å². The lowest BCUT2D eigenvalue weighted by Gasteiger charge is -2.10. The minimum Gasteiger partial charge on any atom is -0.493 e. The molecule has 92 valence electrons. The Balaban J connectivity index is 2.77. The molecule has 1 aromatic carbocycles. The number of esters is 1. The molecule has 0 saturated heterocycles. The second-order valence-electron chi connectivity index (χ2n) is 2.99. The van der Waals surface area contributed by atoms with Crippen molar-refractivity contribution in [3.05, 3.63) is 18.2 Å². The third kappa shape index (κ3) is 3.67. The normalized spacial score (nSPS) is 9.29. The van der Waals surface area contributed by atoms with Crippen molar-refractivity contribution >= 4 is 18.1 Å². The van der Waals surface area contributed by atoms with Crippen LogP contribution in [0.1, 0.15) is 0 Å². The molecule has 0 aliphatic rings. The van der Waals surface area contributed by atoms with Gasteiger partial charge < -0.3 is 19.5 Å². The molecule has 1 amide bonds. The number of benzene rings is 1. The maximum atomic E-state index is 10.9. The van der Waals surface area contributed by atoms with Gasteiger partial charge in [-0.15, -0.1) is 0 Å². The molecular formula is C11H13NO5. The van der Waals surface area contributed by atoms with E-state index in [1.54, 1.807) is 18.2 Å². The number of methoxy groups -OCH3 is 2. The van der Waals surface area contributed by atoms with Crippen LogP contribution in [0.3, 0.4) is 0 Å². The van der Waals surface area contributed by atoms with Gasteiger partial charge in [0.2, 0.25) is 6.41 Å². The number of ether oxygens (including phenoxy) is 3. The summed E-state index contributed by atoms with van der Waals surface area (Å²) in [4.78, 5) is 21.2. The summed E-state index contributed by atoms with van der Waals surface area (Å²) in [5.74, 6) is 0.331. The number of carbonyl (C=O) groups excluding carboxylic acids is 2. The lowest BCUT2D eigenvalue weighted by Crippen LogP contribution is -2.13. The number of anilines is 1. The first kappa shape index (κ1) is 12.8. The molecule has 0 unspecified atom stereocenters. The predicted octanol–water partition coefficient (Wildman–Crippen LogP) is 0.815. The standard InChI is InChI=1S/C11H13NO5/c1-15-10-5-8(12-7-13)3-4-9(10)17-6-11(14)16-2/h3-5,7H,6H2,1-2H3,(H,12,13). The van der Waals surface area contributed by atoms with Crippen molar-refractivity contribution in [2.75, 3.05) is 26.1 Å². The van der Waals surface area contributed by atoms with Gasteiger partial charge in [-0.2, -0.15) is 0 Å². The monoisotopic (exact) mass is 239 g/mol. The van der Waals surface area contributed by atoms with Gasteiger partial charge in [-0.25, -0.2) is 4.79 Å². The molecule has 6 heteroatoms. The van der Waals surface area contributed by atoms with Gasteiger partial charge in [-0.1, -0.05) is 0 Å². The highest BCUT2D eigenvalue weighted by Crippen LogP contribution is 2.29. The van der Waals surface area contributed by atoms with Gasteiger partial charge in [0.05, 0.1) is 14.2 Å². The molecule has 0 spiro atoms. The Bertz CT molecular complexity index is 405. The number of nitrogens with one attached hydrogen (secondary N) is 1. The van der Waals surface area contributed by atoms with E-state index in [2.05, 4.69) is 10.1 Å². The van der Waals surface area contributed by atoms with Gasteiger partial charge >= 0.3 is 5.97 Å². The number of hydrogen-bond donors (Lipinski definition) is 1. The van der Waals surface area contributed by atoms with E-state index in [1.165, 1.54) is 14.2 Å². The fraction of sp³-hybridized carbons (Fsp3) is 0.273. The maximum Gasteiger partial charge on any atom is 0.343 e. The van der Waals surface area contributed by atoms with Gasteiger partial charge in [0.1, 0.15) is 0 Å². The zero-order chi connectivity index (χ0) is 12.7. The molecule has 0 atom stereocenters. The van der Waals surface area contributed by atoms with Crippen LogP contribution >= 0.6 is 0 Å². The van der Waals surface area contributed by atoms with Crippen molar-refractivity contribution in [2.45, 2.75) is 0 Å². The first-order valence-electron chi connectivity index (χ1n) is 4.79. The molecule has 17 heavy (non-hydrogen) atoms. The molecular weight excluding hydrogens is 226 g/mol. The summed E-state index contributed by atoms with van der Waals surface area (Å²) in [5.41, 5.74) is 0.572. The fourth-order valence-corrected chi connectivity index (χ4v) is 1.14. The number of amides is 1. The van der Waals surface area contributed by atoms with Gasteiger partial charge in [-0.05, 0) is 12.1 Å². The molecule has 0 radical (unpaired) electrons. The van der Waals surface area contributed by atoms with E-state index in [0.29, 0.717) is 23.6 Å². The Morgan fingerprint density at radius 1 is 1.35 bits per heavy atom. The third-order valence-electron chi connectivity index (χ3n) is 1.96. The molecule has 0 aromatic heterocycles. The van der Waals surface area contributed by atoms with Crippen molar-refractivity contribution in [1.82, 2.24) is 0 Å². The topological polar surface area (TPSA) is 73.9 Å². The maximum absolute atomic E-state index is 10.9. The molecule has 0 fully saturated rings. The van der Waals surface area contributed by atoms with Crippen molar-refractivity contribution in [2.24, 2.45) is 0 Å². The Hall–Kier alpha value is -2.24. The van der Waals surface area contributed by atoms with E-state index in [0.717, 1.165) is 0 Å². The summed E-state index contributed by atoms with van der Waals surface area (Å²) < 4.78 is 14.7. The number of rotatable bonds is 6. The van der Waals surface area contributed by atoms with Crippen LogP contribution in [-0.2, 0) is 14.3 Å². The van der Waals surface area contributed by atoms with E-state index in [1.807, 2.05) is 0 Å². The van der Waals surface area contributed by atoms with Crippen LogP contribution in [0, 0.1) is 0 Å². The minimum absolute atomic E-state index is 0.201. The fourth-order valence-electron chi connectivity index (χ4n) is 1.14. The summed E-state index contributed by atoms with van der Waals surface area (Å²) >= 11 is 0. The van der Waals surface area contributed by atoms with Gasteiger partial charge in [0.25, 0.3) is 0 Å². The van der Waals surface area contributed by atoms with Crippen molar-refractivity contribution < 1.29 is 23.8 Å². The second-order valence-corrected chi connectivity index (χ2v) is 2.99. The highest BCUT2D eigenvalue weighted by Gasteiger charge is 2.08. The average Bonchev–Trinajstić information content (AvgIpc) is 2.36. The smallest absolute Gasteiger partial charge is 0.343 e. The molecule has 0 saturated carbocycles. The summed E-state index contributed by atoms with van der Waals surface area (Å²) in [6.45, 7) is -0.201. The predicted molar refractivity (Wildman–Crippen MR) is 60.2 cm³/mol. The third-order valence-corrected chi connectivity index (χ3v) is 1.96. The van der Waals surface area contributed by atoms with E-state index >= 15 is 0 Å². The van der Waals surface area contributed by atoms with E-state index in [-0.39, 0.29) is 6.61 Å². The van der Waals surface area contributed by atoms with Gasteiger partial charge in [0.15, 0.2) is 18.1 Å². The molecule has 0 heterocycles. The molecule has 0 aliphatic carbocycles. The molecule has 0 bridgehead atoms. The largest absolute Gasteiger partial charge is 0.493 e. The summed E-state index contributed by atoms with van der Waals surface area (Å²) in [6.07, 6.45) is 0.559. The van der Waals surface area contributed by atoms with E-state index < -0.39 is 5.97 Å². The van der Waals surface area contributed by atoms with Crippen molar-refractivity contribution in [1.29, 1.82) is 0 Å². The minimum atomic E-state index is -0.484. The molecule has 1 rings (SSSR count). The van der Waals surface area contributed by atoms with Crippen LogP contribution in [0.5, 0.6) is 11.5 Å². The zero-order valence-electron chi connectivity index (χ0n) is 9.56. The van der Waals surface area contributed by atoms with E-state index in [9.17, 15) is 9.59 Å². The first-order chi connectivity index (χ1) is 8.21. The van der Waals surface area contributed by atoms with Crippen LogP contribution in [0.15, 0.2) is 18.2 Å². The highest BCUT2D eigenvalue weighted by molar-refractivity contribution is 5.73. The van der Waals surface area contributed by atoms with Crippen LogP contribution in [0.25, 0.3) is 0 Å². The Kier molecular flexibility index (Phi) is 4.80. The zero-order valence-corrected chi connectivity index (χ0v) is 9.56. The summed E-state index contributed by atoms with van der Waals surface area (Å²) in [5, 5.41) is 2.48.